The van der Waals surface area contributed by atoms with Crippen LogP contribution in [0.1, 0.15) is 125 Å². The highest BCUT2D eigenvalue weighted by atomic mass is 16.5. The van der Waals surface area contributed by atoms with E-state index in [1.807, 2.05) is 13.8 Å². The Bertz CT molecular complexity index is 1020. The van der Waals surface area contributed by atoms with Gasteiger partial charge in [-0.2, -0.15) is 0 Å². The number of ether oxygens (including phenoxy) is 2. The standard InChI is InChI=1S/C37H63N2O4/c1-7-39(20-12-9-13-21-39)32-23-30-28-15-14-27-22-33(43-35(41)25(2)3)31(38-18-10-8-11-19-38)24-37(27,6)29(28)16-17-36(30,5)34(32)42-26(4)40/h25,27-34H,7-24H2,1-6H3/q+1/t27-,28+,29-,30-,31-,32-,33-,34-,36-,37-/m0/s1. The lowest BCUT2D eigenvalue weighted by Gasteiger charge is -2.62. The maximum Gasteiger partial charge on any atom is 0.308 e. The predicted molar refractivity (Wildman–Crippen MR) is 170 cm³/mol. The average molecular weight is 600 g/mol. The van der Waals surface area contributed by atoms with Crippen molar-refractivity contribution in [1.29, 1.82) is 0 Å². The molecule has 6 rings (SSSR count). The van der Waals surface area contributed by atoms with Gasteiger partial charge in [0.2, 0.25) is 0 Å². The van der Waals surface area contributed by atoms with Gasteiger partial charge >= 0.3 is 11.9 Å². The Morgan fingerprint density at radius 2 is 1.58 bits per heavy atom. The van der Waals surface area contributed by atoms with Crippen molar-refractivity contribution in [2.75, 3.05) is 32.7 Å². The van der Waals surface area contributed by atoms with Crippen LogP contribution < -0.4 is 0 Å². The Kier molecular flexibility index (Phi) is 9.05. The van der Waals surface area contributed by atoms with E-state index in [1.165, 1.54) is 94.6 Å². The molecular formula is C37H63N2O4+. The summed E-state index contributed by atoms with van der Waals surface area (Å²) in [6.45, 7) is 19.1. The van der Waals surface area contributed by atoms with Crippen molar-refractivity contribution in [3.63, 3.8) is 0 Å². The quantitative estimate of drug-likeness (QED) is 0.243. The Morgan fingerprint density at radius 1 is 0.884 bits per heavy atom. The zero-order valence-corrected chi connectivity index (χ0v) is 28.5. The van der Waals surface area contributed by atoms with Crippen LogP contribution in [0.4, 0.5) is 0 Å². The molecule has 0 aromatic rings. The Balaban J connectivity index is 1.29. The number of fused-ring (bicyclic) bond motifs is 5. The second kappa shape index (κ2) is 12.2. The lowest BCUT2D eigenvalue weighted by Crippen LogP contribution is -2.62. The van der Waals surface area contributed by atoms with Gasteiger partial charge in [-0.3, -0.25) is 14.5 Å². The van der Waals surface area contributed by atoms with E-state index in [-0.39, 0.29) is 40.9 Å². The number of hydrogen-bond acceptors (Lipinski definition) is 5. The van der Waals surface area contributed by atoms with Gasteiger partial charge in [-0.15, -0.1) is 0 Å². The third-order valence-corrected chi connectivity index (χ3v) is 14.5. The summed E-state index contributed by atoms with van der Waals surface area (Å²) in [5.74, 6) is 2.51. The molecule has 4 aliphatic carbocycles. The number of hydrogen-bond donors (Lipinski definition) is 0. The van der Waals surface area contributed by atoms with E-state index in [0.717, 1.165) is 26.1 Å². The van der Waals surface area contributed by atoms with Gasteiger partial charge in [-0.25, -0.2) is 0 Å². The number of carbonyl (C=O) groups is 2. The summed E-state index contributed by atoms with van der Waals surface area (Å²) < 4.78 is 14.0. The molecule has 6 fully saturated rings. The number of likely N-dealkylation sites (tertiary alicyclic amines) is 2. The second-order valence-corrected chi connectivity index (χ2v) is 16.8. The SMILES string of the molecule is CC[N+]1([C@H]2C[C@H]3[C@@H]4CC[C@H]5C[C@H](OC(=O)C(C)C)[C@@H](N6CCCCC6)C[C@]5(C)[C@H]4CC[C@]3(C)[C@H]2OC(C)=O)CCCCC1. The number of likely N-dealkylation sites (N-methyl/N-ethyl adjacent to an activating group) is 1. The lowest BCUT2D eigenvalue weighted by molar-refractivity contribution is -0.956. The molecule has 43 heavy (non-hydrogen) atoms. The molecule has 4 saturated carbocycles. The largest absolute Gasteiger partial charge is 0.460 e. The van der Waals surface area contributed by atoms with Crippen LogP contribution >= 0.6 is 0 Å². The Hall–Kier alpha value is -1.14. The zero-order chi connectivity index (χ0) is 30.6. The topological polar surface area (TPSA) is 55.8 Å². The molecule has 0 aromatic heterocycles. The average Bonchev–Trinajstić information content (AvgIpc) is 3.29. The fraction of sp³-hybridized carbons (Fsp3) is 0.946. The van der Waals surface area contributed by atoms with Crippen molar-refractivity contribution in [3.05, 3.63) is 0 Å². The van der Waals surface area contributed by atoms with Crippen LogP contribution in [0.5, 0.6) is 0 Å². The maximum absolute atomic E-state index is 12.9. The van der Waals surface area contributed by atoms with Crippen molar-refractivity contribution in [2.24, 2.45) is 40.4 Å². The molecule has 0 N–H and O–H groups in total. The number of esters is 2. The molecule has 2 heterocycles. The van der Waals surface area contributed by atoms with E-state index >= 15 is 0 Å². The summed E-state index contributed by atoms with van der Waals surface area (Å²) in [7, 11) is 0. The monoisotopic (exact) mass is 599 g/mol. The summed E-state index contributed by atoms with van der Waals surface area (Å²) in [6, 6.07) is 0.796. The molecular weight excluding hydrogens is 536 g/mol. The van der Waals surface area contributed by atoms with Crippen LogP contribution in [0.3, 0.4) is 0 Å². The van der Waals surface area contributed by atoms with Gasteiger partial charge in [0.15, 0.2) is 6.10 Å². The van der Waals surface area contributed by atoms with Crippen LogP contribution in [0.2, 0.25) is 0 Å². The summed E-state index contributed by atoms with van der Waals surface area (Å²) in [5, 5.41) is 0. The number of rotatable bonds is 6. The van der Waals surface area contributed by atoms with E-state index in [2.05, 4.69) is 25.7 Å². The Labute approximate surface area is 262 Å². The smallest absolute Gasteiger partial charge is 0.308 e. The number of nitrogens with zero attached hydrogens (tertiary/aromatic N) is 2. The highest BCUT2D eigenvalue weighted by Crippen LogP contribution is 2.68. The summed E-state index contributed by atoms with van der Waals surface area (Å²) in [5.41, 5.74) is 0.360. The van der Waals surface area contributed by atoms with Crippen molar-refractivity contribution < 1.29 is 23.5 Å². The summed E-state index contributed by atoms with van der Waals surface area (Å²) >= 11 is 0. The van der Waals surface area contributed by atoms with Gasteiger partial charge in [0.1, 0.15) is 12.1 Å². The lowest BCUT2D eigenvalue weighted by atomic mass is 9.44. The molecule has 0 unspecified atom stereocenters. The second-order valence-electron chi connectivity index (χ2n) is 16.8. The fourth-order valence-electron chi connectivity index (χ4n) is 12.2. The number of piperidine rings is 2. The molecule has 0 radical (unpaired) electrons. The molecule has 0 bridgehead atoms. The zero-order valence-electron chi connectivity index (χ0n) is 28.5. The molecule has 10 atom stereocenters. The molecule has 0 amide bonds. The minimum atomic E-state index is -0.0837. The van der Waals surface area contributed by atoms with Gasteiger partial charge < -0.3 is 14.0 Å². The van der Waals surface area contributed by atoms with Gasteiger partial charge in [0, 0.05) is 24.8 Å². The first-order chi connectivity index (χ1) is 20.5. The first kappa shape index (κ1) is 31.8. The van der Waals surface area contributed by atoms with E-state index in [0.29, 0.717) is 35.8 Å². The fourth-order valence-corrected chi connectivity index (χ4v) is 12.2. The minimum absolute atomic E-state index is 0.0167. The van der Waals surface area contributed by atoms with Crippen LogP contribution in [-0.4, -0.2) is 78.3 Å². The van der Waals surface area contributed by atoms with Crippen LogP contribution in [0.15, 0.2) is 0 Å². The third kappa shape index (κ3) is 5.51. The van der Waals surface area contributed by atoms with Gasteiger partial charge in [0.05, 0.1) is 25.6 Å². The highest BCUT2D eigenvalue weighted by Gasteiger charge is 2.67. The maximum atomic E-state index is 12.9. The molecule has 0 spiro atoms. The normalized spacial score (nSPS) is 44.6. The van der Waals surface area contributed by atoms with E-state index in [1.54, 1.807) is 6.92 Å². The van der Waals surface area contributed by atoms with E-state index in [9.17, 15) is 9.59 Å². The third-order valence-electron chi connectivity index (χ3n) is 14.5. The van der Waals surface area contributed by atoms with Crippen molar-refractivity contribution in [3.8, 4) is 0 Å². The van der Waals surface area contributed by atoms with E-state index in [4.69, 9.17) is 9.47 Å². The number of carbonyl (C=O) groups excluding carboxylic acids is 2. The van der Waals surface area contributed by atoms with E-state index < -0.39 is 0 Å². The first-order valence-electron chi connectivity index (χ1n) is 18.5. The van der Waals surface area contributed by atoms with Crippen LogP contribution in [-0.2, 0) is 19.1 Å². The van der Waals surface area contributed by atoms with Crippen molar-refractivity contribution in [1.82, 2.24) is 4.90 Å². The van der Waals surface area contributed by atoms with Gasteiger partial charge in [-0.05, 0) is 120 Å². The molecule has 6 nitrogen and oxygen atoms in total. The molecule has 244 valence electrons. The molecule has 2 aliphatic heterocycles. The van der Waals surface area contributed by atoms with Crippen molar-refractivity contribution >= 4 is 11.9 Å². The minimum Gasteiger partial charge on any atom is -0.460 e. The van der Waals surface area contributed by atoms with Crippen LogP contribution in [0.25, 0.3) is 0 Å². The van der Waals surface area contributed by atoms with Gasteiger partial charge in [-0.1, -0.05) is 34.1 Å². The molecule has 6 aliphatic rings. The molecule has 6 heteroatoms. The van der Waals surface area contributed by atoms with Gasteiger partial charge in [0.25, 0.3) is 0 Å². The molecule has 2 saturated heterocycles. The predicted octanol–water partition coefficient (Wildman–Crippen LogP) is 6.99. The van der Waals surface area contributed by atoms with Crippen molar-refractivity contribution in [2.45, 2.75) is 149 Å². The summed E-state index contributed by atoms with van der Waals surface area (Å²) in [6.07, 6.45) is 16.3. The van der Waals surface area contributed by atoms with Crippen LogP contribution in [0, 0.1) is 40.4 Å². The molecule has 0 aromatic carbocycles. The Morgan fingerprint density at radius 3 is 2.23 bits per heavy atom. The summed E-state index contributed by atoms with van der Waals surface area (Å²) in [4.78, 5) is 28.2. The first-order valence-corrected chi connectivity index (χ1v) is 18.5. The highest BCUT2D eigenvalue weighted by molar-refractivity contribution is 5.71. The number of quaternary nitrogens is 1.